The molecule has 1 N–H and O–H groups in total. The smallest absolute Gasteiger partial charge is 0.104 e. The lowest BCUT2D eigenvalue weighted by atomic mass is 10.0. The van der Waals surface area contributed by atoms with E-state index in [0.29, 0.717) is 0 Å². The highest BCUT2D eigenvalue weighted by Gasteiger charge is 2.20. The Bertz CT molecular complexity index is 477. The first-order valence-corrected chi connectivity index (χ1v) is 12.1. The van der Waals surface area contributed by atoms with Crippen molar-refractivity contribution in [1.29, 1.82) is 4.78 Å². The van der Waals surface area contributed by atoms with Crippen LogP contribution < -0.4 is 0 Å². The molecule has 2 atom stereocenters. The van der Waals surface area contributed by atoms with Gasteiger partial charge in [-0.15, -0.1) is 0 Å². The minimum Gasteiger partial charge on any atom is -0.253 e. The van der Waals surface area contributed by atoms with Gasteiger partial charge in [0.2, 0.25) is 0 Å². The lowest BCUT2D eigenvalue weighted by Gasteiger charge is -2.30. The van der Waals surface area contributed by atoms with E-state index in [0.717, 1.165) is 50.9 Å². The molecule has 0 aromatic rings. The van der Waals surface area contributed by atoms with E-state index in [1.54, 1.807) is 10.6 Å². The van der Waals surface area contributed by atoms with Crippen molar-refractivity contribution in [3.05, 3.63) is 0 Å². The van der Waals surface area contributed by atoms with E-state index in [1.807, 2.05) is 4.31 Å². The maximum absolute atomic E-state index is 11.5. The molecule has 0 aliphatic carbocycles. The van der Waals surface area contributed by atoms with Crippen molar-refractivity contribution in [3.63, 3.8) is 0 Å². The summed E-state index contributed by atoms with van der Waals surface area (Å²) >= 11 is 0. The van der Waals surface area contributed by atoms with Gasteiger partial charge in [0, 0.05) is 48.4 Å². The maximum Gasteiger partial charge on any atom is 0.104 e. The van der Waals surface area contributed by atoms with Crippen molar-refractivity contribution in [2.24, 2.45) is 11.8 Å². The summed E-state index contributed by atoms with van der Waals surface area (Å²) in [6.07, 6.45) is 7.74. The average Bonchev–Trinajstić information content (AvgIpc) is 2.38. The second-order valence-electron chi connectivity index (χ2n) is 6.99. The van der Waals surface area contributed by atoms with Crippen molar-refractivity contribution >= 4 is 25.5 Å². The van der Waals surface area contributed by atoms with E-state index in [1.165, 1.54) is 19.1 Å². The molecule has 5 nitrogen and oxygen atoms in total. The minimum absolute atomic E-state index is 0.744. The van der Waals surface area contributed by atoms with E-state index >= 15 is 0 Å². The Morgan fingerprint density at radius 2 is 1.18 bits per heavy atom. The Kier molecular flexibility index (Phi) is 7.36. The summed E-state index contributed by atoms with van der Waals surface area (Å²) in [4.78, 5) is 0. The molecule has 2 unspecified atom stereocenters. The van der Waals surface area contributed by atoms with E-state index in [4.69, 9.17) is 4.78 Å². The molecule has 0 spiro atoms. The number of hydrogen-bond donors (Lipinski definition) is 1. The molecule has 2 aliphatic heterocycles. The molecule has 0 bridgehead atoms. The van der Waals surface area contributed by atoms with E-state index in [9.17, 15) is 8.42 Å². The largest absolute Gasteiger partial charge is 0.253 e. The van der Waals surface area contributed by atoms with Crippen LogP contribution in [0.5, 0.6) is 0 Å². The first kappa shape index (κ1) is 19.9. The Morgan fingerprint density at radius 3 is 1.45 bits per heavy atom. The Morgan fingerprint density at radius 1 is 0.864 bits per heavy atom. The third-order valence-corrected chi connectivity index (χ3v) is 7.33. The van der Waals surface area contributed by atoms with Crippen LogP contribution in [-0.4, -0.2) is 61.6 Å². The Labute approximate surface area is 137 Å². The fourth-order valence-electron chi connectivity index (χ4n) is 2.70. The summed E-state index contributed by atoms with van der Waals surface area (Å²) in [6, 6.07) is 0. The van der Waals surface area contributed by atoms with Gasteiger partial charge in [-0.05, 0) is 43.4 Å². The number of hydrogen-bond acceptors (Lipinski definition) is 3. The van der Waals surface area contributed by atoms with Crippen molar-refractivity contribution in [2.75, 3.05) is 38.7 Å². The summed E-state index contributed by atoms with van der Waals surface area (Å²) in [6.45, 7) is 8.04. The zero-order valence-corrected chi connectivity index (χ0v) is 16.2. The molecule has 0 radical (unpaired) electrons. The zero-order valence-electron chi connectivity index (χ0n) is 14.5. The molecule has 0 amide bonds. The normalized spacial score (nSPS) is 28.2. The van der Waals surface area contributed by atoms with Crippen LogP contribution in [0.3, 0.4) is 0 Å². The van der Waals surface area contributed by atoms with Crippen LogP contribution in [0, 0.1) is 16.6 Å². The van der Waals surface area contributed by atoms with Crippen LogP contribution in [0.15, 0.2) is 0 Å². The van der Waals surface area contributed by atoms with Crippen molar-refractivity contribution in [3.8, 4) is 0 Å². The summed E-state index contributed by atoms with van der Waals surface area (Å²) in [5.41, 5.74) is 0. The lowest BCUT2D eigenvalue weighted by Crippen LogP contribution is -2.36. The molecule has 132 valence electrons. The second-order valence-corrected chi connectivity index (χ2v) is 11.5. The predicted molar refractivity (Wildman–Crippen MR) is 97.9 cm³/mol. The highest BCUT2D eigenvalue weighted by atomic mass is 32.2. The van der Waals surface area contributed by atoms with Gasteiger partial charge in [-0.25, -0.2) is 17.6 Å². The topological polar surface area (TPSA) is 64.5 Å². The summed E-state index contributed by atoms with van der Waals surface area (Å²) in [7, 11) is -4.33. The van der Waals surface area contributed by atoms with Crippen LogP contribution in [0.4, 0.5) is 0 Å². The van der Waals surface area contributed by atoms with Crippen LogP contribution in [-0.2, 0) is 19.6 Å². The van der Waals surface area contributed by atoms with Gasteiger partial charge in [0.05, 0.1) is 0 Å². The molecule has 2 heterocycles. The number of rotatable bonds is 2. The number of nitrogens with one attached hydrogen (secondary N) is 1. The van der Waals surface area contributed by atoms with Gasteiger partial charge in [0.25, 0.3) is 0 Å². The van der Waals surface area contributed by atoms with Gasteiger partial charge in [-0.1, -0.05) is 13.8 Å². The molecule has 2 fully saturated rings. The molecule has 0 aromatic carbocycles. The zero-order chi connectivity index (χ0) is 17.0. The molecule has 2 aliphatic rings. The van der Waals surface area contributed by atoms with Gasteiger partial charge in [0.15, 0.2) is 0 Å². The molecule has 0 aromatic heterocycles. The Balaban J connectivity index is 0.000000220. The molecule has 7 heteroatoms. The monoisotopic (exact) mass is 351 g/mol. The van der Waals surface area contributed by atoms with E-state index in [-0.39, 0.29) is 0 Å². The lowest BCUT2D eigenvalue weighted by molar-refractivity contribution is 0.297. The third kappa shape index (κ3) is 6.98. The standard InChI is InChI=1S/C8H17NOS.C7H16N2OS/c1-8-4-6-9(7-5-8)11(2,3)10;1-7-3-5-9(6-4-7)11(2,8)10/h8H,2,4-7H2,1,3H3;7-8H,3-6H2,1-2H3. The van der Waals surface area contributed by atoms with Gasteiger partial charge in [-0.2, -0.15) is 0 Å². The van der Waals surface area contributed by atoms with Crippen molar-refractivity contribution in [2.45, 2.75) is 39.5 Å². The predicted octanol–water partition coefficient (Wildman–Crippen LogP) is 2.29. The molecule has 2 saturated heterocycles. The summed E-state index contributed by atoms with van der Waals surface area (Å²) in [5, 5.41) is 0. The first-order valence-electron chi connectivity index (χ1n) is 8.06. The second kappa shape index (κ2) is 8.13. The van der Waals surface area contributed by atoms with Crippen LogP contribution in [0.25, 0.3) is 0 Å². The van der Waals surface area contributed by atoms with E-state index < -0.39 is 19.6 Å². The average molecular weight is 352 g/mol. The summed E-state index contributed by atoms with van der Waals surface area (Å²) in [5.74, 6) is 5.22. The SMILES string of the molecule is C=S(C)(=O)N1CCC(C)CC1.CC1CCN(S(C)(=N)=O)CC1. The molecule has 22 heavy (non-hydrogen) atoms. The Hall–Kier alpha value is -0.110. The molecular formula is C15H33N3O2S2. The van der Waals surface area contributed by atoms with Crippen molar-refractivity contribution < 1.29 is 8.42 Å². The third-order valence-electron chi connectivity index (χ3n) is 4.52. The fourth-order valence-corrected chi connectivity index (χ4v) is 4.60. The number of piperidine rings is 2. The van der Waals surface area contributed by atoms with Crippen LogP contribution in [0.2, 0.25) is 0 Å². The quantitative estimate of drug-likeness (QED) is 0.776. The highest BCUT2D eigenvalue weighted by Crippen LogP contribution is 2.18. The van der Waals surface area contributed by atoms with Gasteiger partial charge >= 0.3 is 0 Å². The molecular weight excluding hydrogens is 318 g/mol. The van der Waals surface area contributed by atoms with Crippen molar-refractivity contribution in [1.82, 2.24) is 8.61 Å². The van der Waals surface area contributed by atoms with Crippen LogP contribution >= 0.6 is 0 Å². The maximum atomic E-state index is 11.5. The summed E-state index contributed by atoms with van der Waals surface area (Å²) < 4.78 is 33.8. The van der Waals surface area contributed by atoms with E-state index in [2.05, 4.69) is 19.7 Å². The van der Waals surface area contributed by atoms with Gasteiger partial charge in [-0.3, -0.25) is 4.21 Å². The minimum atomic E-state index is -2.42. The fraction of sp³-hybridized carbons (Fsp3) is 0.933. The van der Waals surface area contributed by atoms with Gasteiger partial charge in [0.1, 0.15) is 9.92 Å². The van der Waals surface area contributed by atoms with Crippen LogP contribution in [0.1, 0.15) is 39.5 Å². The highest BCUT2D eigenvalue weighted by molar-refractivity contribution is 7.97. The molecule has 0 saturated carbocycles. The first-order chi connectivity index (χ1) is 10.00. The van der Waals surface area contributed by atoms with Gasteiger partial charge < -0.3 is 0 Å². The molecule has 2 rings (SSSR count). The number of nitrogens with zero attached hydrogens (tertiary/aromatic N) is 2.